The lowest BCUT2D eigenvalue weighted by molar-refractivity contribution is 0.0297. The third-order valence-corrected chi connectivity index (χ3v) is 5.03. The maximum Gasteiger partial charge on any atom is 0.356 e. The van der Waals surface area contributed by atoms with E-state index in [4.69, 9.17) is 19.5 Å². The highest BCUT2D eigenvalue weighted by molar-refractivity contribution is 7.53. The van der Waals surface area contributed by atoms with Crippen molar-refractivity contribution in [3.05, 3.63) is 22.7 Å². The van der Waals surface area contributed by atoms with E-state index in [1.165, 1.54) is 4.57 Å². The second kappa shape index (κ2) is 10.2. The molecule has 0 radical (unpaired) electrons. The van der Waals surface area contributed by atoms with Crippen LogP contribution in [0.25, 0.3) is 0 Å². The molecule has 2 N–H and O–H groups in total. The summed E-state index contributed by atoms with van der Waals surface area (Å²) >= 11 is 0. The summed E-state index contributed by atoms with van der Waals surface area (Å²) < 4.78 is 31.1. The predicted molar refractivity (Wildman–Crippen MR) is 101 cm³/mol. The minimum absolute atomic E-state index is 0.163. The zero-order valence-corrected chi connectivity index (χ0v) is 17.3. The van der Waals surface area contributed by atoms with Crippen LogP contribution in [0.2, 0.25) is 0 Å². The van der Waals surface area contributed by atoms with Crippen LogP contribution in [-0.2, 0) is 24.9 Å². The van der Waals surface area contributed by atoms with Crippen molar-refractivity contribution >= 4 is 13.4 Å². The largest absolute Gasteiger partial charge is 0.383 e. The number of nitrogens with two attached hydrogens (primary N) is 1. The second-order valence-electron chi connectivity index (χ2n) is 6.89. The number of likely N-dealkylation sites (N-methyl/N-ethyl adjacent to an activating group) is 1. The molecule has 150 valence electrons. The Hall–Kier alpha value is -1.25. The maximum atomic E-state index is 12.9. The van der Waals surface area contributed by atoms with Gasteiger partial charge in [0.15, 0.2) is 0 Å². The average molecular weight is 390 g/mol. The van der Waals surface area contributed by atoms with Gasteiger partial charge in [-0.05, 0) is 47.9 Å². The van der Waals surface area contributed by atoms with Gasteiger partial charge in [-0.3, -0.25) is 9.13 Å². The predicted octanol–water partition coefficient (Wildman–Crippen LogP) is 1.77. The first-order chi connectivity index (χ1) is 12.0. The molecular formula is C16H31N4O5P. The van der Waals surface area contributed by atoms with Crippen molar-refractivity contribution in [2.45, 2.75) is 52.6 Å². The molecule has 26 heavy (non-hydrogen) atoms. The fraction of sp³-hybridized carbons (Fsp3) is 0.750. The van der Waals surface area contributed by atoms with Gasteiger partial charge >= 0.3 is 13.3 Å². The van der Waals surface area contributed by atoms with E-state index in [2.05, 4.69) is 4.98 Å². The maximum absolute atomic E-state index is 12.9. The third kappa shape index (κ3) is 8.42. The van der Waals surface area contributed by atoms with Crippen LogP contribution >= 0.6 is 7.60 Å². The number of hydrogen-bond acceptors (Lipinski definition) is 8. The second-order valence-corrected chi connectivity index (χ2v) is 8.79. The highest BCUT2D eigenvalue weighted by Gasteiger charge is 2.30. The van der Waals surface area contributed by atoms with E-state index >= 15 is 0 Å². The van der Waals surface area contributed by atoms with Crippen molar-refractivity contribution in [1.82, 2.24) is 14.5 Å². The van der Waals surface area contributed by atoms with Crippen molar-refractivity contribution in [2.24, 2.45) is 0 Å². The Kier molecular flexibility index (Phi) is 8.92. The summed E-state index contributed by atoms with van der Waals surface area (Å²) in [5, 5.41) is 0. The summed E-state index contributed by atoms with van der Waals surface area (Å²) in [5.41, 5.74) is 5.05. The Balaban J connectivity index is 2.88. The van der Waals surface area contributed by atoms with Gasteiger partial charge < -0.3 is 24.4 Å². The Morgan fingerprint density at radius 2 is 1.81 bits per heavy atom. The van der Waals surface area contributed by atoms with Gasteiger partial charge in [-0.25, -0.2) is 4.79 Å². The number of hydrogen-bond donors (Lipinski definition) is 1. The summed E-state index contributed by atoms with van der Waals surface area (Å²) in [6, 6.07) is 1.54. The Morgan fingerprint density at radius 3 is 2.27 bits per heavy atom. The van der Waals surface area contributed by atoms with Crippen LogP contribution in [0.4, 0.5) is 5.82 Å². The molecule has 0 amide bonds. The van der Waals surface area contributed by atoms with Gasteiger partial charge in [0.1, 0.15) is 12.2 Å². The standard InChI is InChI=1S/C16H31N4O5P/c1-12(2)24-26(22,25-13(3)4)11-23-14(9-19(5)6)10-20-8-7-15(17)18-16(20)21/h7-8,12-14H,9-11H2,1-6H3,(H2,17,18,21). The highest BCUT2D eigenvalue weighted by Crippen LogP contribution is 2.50. The smallest absolute Gasteiger partial charge is 0.356 e. The molecule has 1 aromatic rings. The lowest BCUT2D eigenvalue weighted by Crippen LogP contribution is -2.36. The first-order valence-corrected chi connectivity index (χ1v) is 10.3. The monoisotopic (exact) mass is 390 g/mol. The lowest BCUT2D eigenvalue weighted by Gasteiger charge is -2.27. The molecule has 1 aromatic heterocycles. The molecule has 0 aliphatic carbocycles. The molecule has 1 rings (SSSR count). The minimum atomic E-state index is -3.42. The molecular weight excluding hydrogens is 359 g/mol. The van der Waals surface area contributed by atoms with Crippen LogP contribution in [0.1, 0.15) is 27.7 Å². The highest BCUT2D eigenvalue weighted by atomic mass is 31.2. The quantitative estimate of drug-likeness (QED) is 0.570. The summed E-state index contributed by atoms with van der Waals surface area (Å²) in [7, 11) is 0.351. The van der Waals surface area contributed by atoms with Crippen molar-refractivity contribution in [1.29, 1.82) is 0 Å². The summed E-state index contributed by atoms with van der Waals surface area (Å²) in [4.78, 5) is 17.6. The normalized spacial score (nSPS) is 13.7. The zero-order valence-electron chi connectivity index (χ0n) is 16.4. The van der Waals surface area contributed by atoms with Crippen LogP contribution in [0.3, 0.4) is 0 Å². The molecule has 0 aliphatic rings. The molecule has 0 fully saturated rings. The Morgan fingerprint density at radius 1 is 1.23 bits per heavy atom. The summed E-state index contributed by atoms with van der Waals surface area (Å²) in [5.74, 6) is 0.163. The lowest BCUT2D eigenvalue weighted by atomic mass is 10.3. The van der Waals surface area contributed by atoms with Crippen LogP contribution in [0.15, 0.2) is 17.1 Å². The van der Waals surface area contributed by atoms with Gasteiger partial charge in [-0.2, -0.15) is 4.98 Å². The average Bonchev–Trinajstić information content (AvgIpc) is 2.45. The van der Waals surface area contributed by atoms with E-state index in [0.717, 1.165) is 0 Å². The summed E-state index contributed by atoms with van der Waals surface area (Å²) in [6.45, 7) is 7.90. The Labute approximate surface area is 155 Å². The molecule has 0 bridgehead atoms. The van der Waals surface area contributed by atoms with E-state index in [-0.39, 0.29) is 30.9 Å². The molecule has 1 unspecified atom stereocenters. The molecule has 0 saturated carbocycles. The first-order valence-electron chi connectivity index (χ1n) is 8.56. The third-order valence-electron chi connectivity index (χ3n) is 3.08. The van der Waals surface area contributed by atoms with Gasteiger partial charge in [-0.1, -0.05) is 0 Å². The van der Waals surface area contributed by atoms with Crippen molar-refractivity contribution < 1.29 is 18.3 Å². The van der Waals surface area contributed by atoms with Gasteiger partial charge in [0.25, 0.3) is 0 Å². The topological polar surface area (TPSA) is 109 Å². The number of rotatable bonds is 11. The molecule has 1 heterocycles. The van der Waals surface area contributed by atoms with Gasteiger partial charge in [-0.15, -0.1) is 0 Å². The molecule has 0 saturated heterocycles. The van der Waals surface area contributed by atoms with Crippen LogP contribution in [0, 0.1) is 0 Å². The van der Waals surface area contributed by atoms with Crippen molar-refractivity contribution in [3.8, 4) is 0 Å². The fourth-order valence-corrected chi connectivity index (χ4v) is 4.15. The molecule has 0 aromatic carbocycles. The number of nitrogen functional groups attached to an aromatic ring is 1. The summed E-state index contributed by atoms with van der Waals surface area (Å²) in [6.07, 6.45) is 0.427. The Bertz CT molecular complexity index is 648. The van der Waals surface area contributed by atoms with E-state index in [0.29, 0.717) is 6.54 Å². The van der Waals surface area contributed by atoms with Crippen molar-refractivity contribution in [3.63, 3.8) is 0 Å². The molecule has 9 nitrogen and oxygen atoms in total. The molecule has 1 atom stereocenters. The van der Waals surface area contributed by atoms with E-state index < -0.39 is 19.4 Å². The van der Waals surface area contributed by atoms with Gasteiger partial charge in [0, 0.05) is 12.7 Å². The van der Waals surface area contributed by atoms with Crippen LogP contribution in [-0.4, -0.2) is 59.8 Å². The van der Waals surface area contributed by atoms with Crippen LogP contribution in [0.5, 0.6) is 0 Å². The number of nitrogens with zero attached hydrogens (tertiary/aromatic N) is 3. The van der Waals surface area contributed by atoms with E-state index in [1.807, 2.05) is 19.0 Å². The number of ether oxygens (including phenoxy) is 1. The van der Waals surface area contributed by atoms with E-state index in [1.54, 1.807) is 40.0 Å². The van der Waals surface area contributed by atoms with Gasteiger partial charge in [0.2, 0.25) is 0 Å². The fourth-order valence-electron chi connectivity index (χ4n) is 2.30. The number of anilines is 1. The van der Waals surface area contributed by atoms with Gasteiger partial charge in [0.05, 0.1) is 24.9 Å². The SMILES string of the molecule is CC(C)OP(=O)(COC(CN(C)C)Cn1ccc(N)nc1=O)OC(C)C. The zero-order chi connectivity index (χ0) is 19.9. The number of aromatic nitrogens is 2. The molecule has 0 spiro atoms. The molecule has 10 heteroatoms. The minimum Gasteiger partial charge on any atom is -0.383 e. The van der Waals surface area contributed by atoms with Crippen LogP contribution < -0.4 is 11.4 Å². The van der Waals surface area contributed by atoms with E-state index in [9.17, 15) is 9.36 Å². The molecule has 0 aliphatic heterocycles. The van der Waals surface area contributed by atoms with Crippen molar-refractivity contribution in [2.75, 3.05) is 32.7 Å². The first kappa shape index (κ1) is 22.8.